The number of hydrogen-bond acceptors (Lipinski definition) is 5. The van der Waals surface area contributed by atoms with Crippen LogP contribution in [0.1, 0.15) is 52.0 Å². The SMILES string of the molecule is CC1C(=O)N(CCC(C)(C)C(=O)N2CCC3(CC3)C(O)C2)CCN1C(=O)OCc1ccccc1. The highest BCUT2D eigenvalue weighted by atomic mass is 16.6. The van der Waals surface area contributed by atoms with Crippen LogP contribution in [0.15, 0.2) is 30.3 Å². The highest BCUT2D eigenvalue weighted by Crippen LogP contribution is 2.53. The Labute approximate surface area is 201 Å². The molecule has 1 aromatic carbocycles. The van der Waals surface area contributed by atoms with Crippen LogP contribution in [-0.4, -0.2) is 82.6 Å². The fourth-order valence-corrected chi connectivity index (χ4v) is 5.10. The minimum atomic E-state index is -0.636. The van der Waals surface area contributed by atoms with Crippen LogP contribution in [0.3, 0.4) is 0 Å². The molecule has 3 aliphatic rings. The lowest BCUT2D eigenvalue weighted by Crippen LogP contribution is -2.58. The molecule has 1 saturated carbocycles. The van der Waals surface area contributed by atoms with Crippen molar-refractivity contribution in [2.24, 2.45) is 10.8 Å². The van der Waals surface area contributed by atoms with Crippen LogP contribution < -0.4 is 0 Å². The lowest BCUT2D eigenvalue weighted by atomic mass is 9.84. The number of hydrogen-bond donors (Lipinski definition) is 1. The summed E-state index contributed by atoms with van der Waals surface area (Å²) in [7, 11) is 0. The fraction of sp³-hybridized carbons (Fsp3) is 0.654. The number of carbonyl (C=O) groups excluding carboxylic acids is 3. The average molecular weight is 472 g/mol. The molecule has 2 aliphatic heterocycles. The molecular weight excluding hydrogens is 434 g/mol. The highest BCUT2D eigenvalue weighted by Gasteiger charge is 2.52. The molecule has 1 N–H and O–H groups in total. The van der Waals surface area contributed by atoms with Crippen molar-refractivity contribution in [2.45, 2.75) is 65.2 Å². The maximum absolute atomic E-state index is 13.2. The van der Waals surface area contributed by atoms with E-state index in [1.807, 2.05) is 44.2 Å². The van der Waals surface area contributed by atoms with Gasteiger partial charge in [0.2, 0.25) is 11.8 Å². The molecule has 0 bridgehead atoms. The van der Waals surface area contributed by atoms with Crippen LogP contribution in [0, 0.1) is 10.8 Å². The molecule has 2 saturated heterocycles. The molecule has 8 nitrogen and oxygen atoms in total. The second kappa shape index (κ2) is 9.56. The summed E-state index contributed by atoms with van der Waals surface area (Å²) in [6.45, 7) is 8.08. The fourth-order valence-electron chi connectivity index (χ4n) is 5.10. The molecule has 2 atom stereocenters. The van der Waals surface area contributed by atoms with Gasteiger partial charge < -0.3 is 19.6 Å². The van der Waals surface area contributed by atoms with E-state index in [4.69, 9.17) is 4.74 Å². The number of carbonyl (C=O) groups is 3. The summed E-state index contributed by atoms with van der Waals surface area (Å²) < 4.78 is 5.41. The first kappa shape index (κ1) is 24.5. The Kier molecular flexibility index (Phi) is 6.90. The molecule has 2 heterocycles. The normalized spacial score (nSPS) is 24.4. The second-order valence-corrected chi connectivity index (χ2v) is 10.7. The minimum Gasteiger partial charge on any atom is -0.445 e. The van der Waals surface area contributed by atoms with Crippen molar-refractivity contribution in [3.8, 4) is 0 Å². The van der Waals surface area contributed by atoms with Gasteiger partial charge in [0.05, 0.1) is 6.10 Å². The molecule has 1 aliphatic carbocycles. The van der Waals surface area contributed by atoms with Gasteiger partial charge in [0.25, 0.3) is 0 Å². The number of benzene rings is 1. The Balaban J connectivity index is 1.26. The number of piperazine rings is 1. The van der Waals surface area contributed by atoms with E-state index in [0.717, 1.165) is 24.8 Å². The van der Waals surface area contributed by atoms with Gasteiger partial charge in [-0.2, -0.15) is 0 Å². The summed E-state index contributed by atoms with van der Waals surface area (Å²) >= 11 is 0. The van der Waals surface area contributed by atoms with E-state index in [1.54, 1.807) is 16.7 Å². The van der Waals surface area contributed by atoms with Crippen molar-refractivity contribution in [3.63, 3.8) is 0 Å². The molecule has 3 amide bonds. The third-order valence-corrected chi connectivity index (χ3v) is 7.93. The molecule has 34 heavy (non-hydrogen) atoms. The Bertz CT molecular complexity index is 914. The molecule has 4 rings (SSSR count). The molecule has 1 aromatic rings. The zero-order valence-corrected chi connectivity index (χ0v) is 20.5. The molecule has 1 spiro atoms. The van der Waals surface area contributed by atoms with Gasteiger partial charge in [-0.1, -0.05) is 44.2 Å². The molecule has 8 heteroatoms. The Morgan fingerprint density at radius 3 is 2.47 bits per heavy atom. The van der Waals surface area contributed by atoms with E-state index in [9.17, 15) is 19.5 Å². The highest BCUT2D eigenvalue weighted by molar-refractivity contribution is 5.87. The molecule has 2 unspecified atom stereocenters. The Hall–Kier alpha value is -2.61. The lowest BCUT2D eigenvalue weighted by Gasteiger charge is -2.42. The summed E-state index contributed by atoms with van der Waals surface area (Å²) in [4.78, 5) is 43.7. The Morgan fingerprint density at radius 1 is 1.12 bits per heavy atom. The number of aliphatic hydroxyl groups is 1. The largest absolute Gasteiger partial charge is 0.445 e. The maximum atomic E-state index is 13.2. The minimum absolute atomic E-state index is 0.0330. The van der Waals surface area contributed by atoms with Gasteiger partial charge in [-0.05, 0) is 43.6 Å². The molecule has 0 radical (unpaired) electrons. The van der Waals surface area contributed by atoms with Gasteiger partial charge in [-0.3, -0.25) is 14.5 Å². The smallest absolute Gasteiger partial charge is 0.410 e. The summed E-state index contributed by atoms with van der Waals surface area (Å²) in [5.74, 6) is -0.0964. The average Bonchev–Trinajstić information content (AvgIpc) is 3.61. The first-order valence-electron chi connectivity index (χ1n) is 12.4. The monoisotopic (exact) mass is 471 g/mol. The van der Waals surface area contributed by atoms with Gasteiger partial charge in [-0.25, -0.2) is 4.79 Å². The third kappa shape index (κ3) is 5.06. The van der Waals surface area contributed by atoms with Crippen LogP contribution in [0.4, 0.5) is 4.79 Å². The quantitative estimate of drug-likeness (QED) is 0.689. The van der Waals surface area contributed by atoms with E-state index >= 15 is 0 Å². The predicted octanol–water partition coefficient (Wildman–Crippen LogP) is 2.65. The van der Waals surface area contributed by atoms with Gasteiger partial charge in [-0.15, -0.1) is 0 Å². The van der Waals surface area contributed by atoms with Crippen molar-refractivity contribution in [2.75, 3.05) is 32.7 Å². The molecule has 186 valence electrons. The predicted molar refractivity (Wildman–Crippen MR) is 127 cm³/mol. The van der Waals surface area contributed by atoms with Crippen LogP contribution in [0.2, 0.25) is 0 Å². The zero-order chi connectivity index (χ0) is 24.5. The van der Waals surface area contributed by atoms with Gasteiger partial charge in [0.1, 0.15) is 12.6 Å². The van der Waals surface area contributed by atoms with Crippen LogP contribution in [0.25, 0.3) is 0 Å². The van der Waals surface area contributed by atoms with Crippen LogP contribution in [0.5, 0.6) is 0 Å². The first-order chi connectivity index (χ1) is 16.1. The number of rotatable bonds is 6. The van der Waals surface area contributed by atoms with Crippen molar-refractivity contribution in [3.05, 3.63) is 35.9 Å². The van der Waals surface area contributed by atoms with Gasteiger partial charge >= 0.3 is 6.09 Å². The number of aliphatic hydroxyl groups excluding tert-OH is 1. The Morgan fingerprint density at radius 2 is 1.82 bits per heavy atom. The van der Waals surface area contributed by atoms with Crippen molar-refractivity contribution in [1.29, 1.82) is 0 Å². The number of piperidine rings is 1. The number of amides is 3. The molecule has 0 aromatic heterocycles. The van der Waals surface area contributed by atoms with Gasteiger partial charge in [0.15, 0.2) is 0 Å². The van der Waals surface area contributed by atoms with Crippen LogP contribution >= 0.6 is 0 Å². The van der Waals surface area contributed by atoms with Crippen molar-refractivity contribution in [1.82, 2.24) is 14.7 Å². The first-order valence-corrected chi connectivity index (χ1v) is 12.4. The van der Waals surface area contributed by atoms with Crippen molar-refractivity contribution >= 4 is 17.9 Å². The summed E-state index contributed by atoms with van der Waals surface area (Å²) in [5.41, 5.74) is 0.322. The summed E-state index contributed by atoms with van der Waals surface area (Å²) in [5, 5.41) is 10.5. The topological polar surface area (TPSA) is 90.4 Å². The standard InChI is InChI=1S/C26H37N3O5/c1-19-22(31)27(15-16-29(19)24(33)34-18-20-7-5-4-6-8-20)13-11-25(2,3)23(32)28-14-12-26(9-10-26)21(30)17-28/h4-8,19,21,30H,9-18H2,1-3H3. The second-order valence-electron chi connectivity index (χ2n) is 10.7. The zero-order valence-electron chi connectivity index (χ0n) is 20.5. The number of nitrogens with zero attached hydrogens (tertiary/aromatic N) is 3. The summed E-state index contributed by atoms with van der Waals surface area (Å²) in [6.07, 6.45) is 2.60. The van der Waals surface area contributed by atoms with Crippen molar-refractivity contribution < 1.29 is 24.2 Å². The van der Waals surface area contributed by atoms with E-state index in [2.05, 4.69) is 0 Å². The van der Waals surface area contributed by atoms with Gasteiger partial charge in [0, 0.05) is 38.1 Å². The number of likely N-dealkylation sites (tertiary alicyclic amines) is 1. The van der Waals surface area contributed by atoms with E-state index in [-0.39, 0.29) is 23.8 Å². The molecular formula is C26H37N3O5. The lowest BCUT2D eigenvalue weighted by molar-refractivity contribution is -0.148. The van der Waals surface area contributed by atoms with E-state index in [1.165, 1.54) is 4.90 Å². The van der Waals surface area contributed by atoms with Crippen LogP contribution in [-0.2, 0) is 20.9 Å². The maximum Gasteiger partial charge on any atom is 0.410 e. The number of ether oxygens (including phenoxy) is 1. The van der Waals surface area contributed by atoms with E-state index < -0.39 is 23.7 Å². The van der Waals surface area contributed by atoms with E-state index in [0.29, 0.717) is 39.1 Å². The third-order valence-electron chi connectivity index (χ3n) is 7.93. The summed E-state index contributed by atoms with van der Waals surface area (Å²) in [6, 6.07) is 8.84. The molecule has 3 fully saturated rings. The number of β-amino-alcohol motifs (C(OH)–C–C–N with tert-alkyl or cyclic N) is 1.